The minimum Gasteiger partial charge on any atom is -0.453 e. The Morgan fingerprint density at radius 2 is 1.94 bits per heavy atom. The van der Waals surface area contributed by atoms with E-state index in [0.717, 1.165) is 38.5 Å². The van der Waals surface area contributed by atoms with Gasteiger partial charge in [0.25, 0.3) is 0 Å². The summed E-state index contributed by atoms with van der Waals surface area (Å²) in [5.41, 5.74) is 0.699. The molecule has 3 amide bonds. The van der Waals surface area contributed by atoms with Crippen LogP contribution in [0.3, 0.4) is 0 Å². The molecule has 2 fully saturated rings. The van der Waals surface area contributed by atoms with Crippen LogP contribution in [0.1, 0.15) is 50.2 Å². The second-order valence-corrected chi connectivity index (χ2v) is 9.76. The Balaban J connectivity index is 1.65. The molecule has 0 bridgehead atoms. The topological polar surface area (TPSA) is 112 Å². The molecule has 2 aliphatic rings. The van der Waals surface area contributed by atoms with E-state index in [-0.39, 0.29) is 42.9 Å². The fourth-order valence-corrected chi connectivity index (χ4v) is 5.40. The lowest BCUT2D eigenvalue weighted by Gasteiger charge is -2.38. The number of nitrogens with zero attached hydrogens (tertiary/aromatic N) is 1. The third kappa shape index (κ3) is 8.04. The molecular weight excluding hydrogens is 467 g/mol. The Hall–Kier alpha value is -2.43. The summed E-state index contributed by atoms with van der Waals surface area (Å²) in [6, 6.07) is 5.73. The van der Waals surface area contributed by atoms with Gasteiger partial charge >= 0.3 is 12.1 Å². The maximum atomic E-state index is 14.0. The van der Waals surface area contributed by atoms with Gasteiger partial charge in [0.05, 0.1) is 32.0 Å². The number of halogens is 1. The SMILES string of the molecule is CNCC(NC(=O)N1CCC[C@@H]([C@@H](OCCNC(=O)OC)c2cccc(F)c2)C1)C(O)C1CCCC1. The van der Waals surface area contributed by atoms with E-state index in [4.69, 9.17) is 4.74 Å². The number of urea groups is 1. The zero-order valence-corrected chi connectivity index (χ0v) is 21.4. The highest BCUT2D eigenvalue weighted by molar-refractivity contribution is 5.74. The lowest BCUT2D eigenvalue weighted by atomic mass is 9.88. The van der Waals surface area contributed by atoms with Crippen LogP contribution in [0.2, 0.25) is 0 Å². The number of piperidine rings is 1. The van der Waals surface area contributed by atoms with E-state index in [1.807, 2.05) is 13.1 Å². The fraction of sp³-hybridized carbons (Fsp3) is 0.692. The van der Waals surface area contributed by atoms with Crippen LogP contribution < -0.4 is 16.0 Å². The predicted molar refractivity (Wildman–Crippen MR) is 134 cm³/mol. The lowest BCUT2D eigenvalue weighted by Crippen LogP contribution is -2.56. The fourth-order valence-electron chi connectivity index (χ4n) is 5.40. The van der Waals surface area contributed by atoms with Crippen LogP contribution in [-0.2, 0) is 9.47 Å². The van der Waals surface area contributed by atoms with Crippen molar-refractivity contribution in [2.24, 2.45) is 11.8 Å². The number of nitrogens with one attached hydrogen (secondary N) is 3. The molecule has 4 atom stereocenters. The molecule has 1 aliphatic heterocycles. The molecule has 0 radical (unpaired) electrons. The number of likely N-dealkylation sites (N-methyl/N-ethyl adjacent to an activating group) is 1. The van der Waals surface area contributed by atoms with Gasteiger partial charge in [-0.05, 0) is 56.3 Å². The first-order valence-corrected chi connectivity index (χ1v) is 13.0. The highest BCUT2D eigenvalue weighted by atomic mass is 19.1. The molecule has 1 saturated heterocycles. The molecule has 202 valence electrons. The van der Waals surface area contributed by atoms with Gasteiger partial charge in [0.15, 0.2) is 0 Å². The second kappa shape index (κ2) is 14.3. The van der Waals surface area contributed by atoms with E-state index in [0.29, 0.717) is 25.2 Å². The number of hydrogen-bond acceptors (Lipinski definition) is 6. The Morgan fingerprint density at radius 1 is 1.19 bits per heavy atom. The van der Waals surface area contributed by atoms with E-state index < -0.39 is 18.3 Å². The molecule has 4 N–H and O–H groups in total. The second-order valence-electron chi connectivity index (χ2n) is 9.76. The van der Waals surface area contributed by atoms with Gasteiger partial charge in [-0.2, -0.15) is 0 Å². The number of amides is 3. The first-order valence-electron chi connectivity index (χ1n) is 13.0. The van der Waals surface area contributed by atoms with Crippen LogP contribution in [-0.4, -0.2) is 81.2 Å². The molecule has 1 aromatic carbocycles. The molecule has 0 aromatic heterocycles. The van der Waals surface area contributed by atoms with Gasteiger partial charge in [0.1, 0.15) is 5.82 Å². The van der Waals surface area contributed by atoms with Crippen molar-refractivity contribution < 1.29 is 28.6 Å². The molecule has 1 saturated carbocycles. The summed E-state index contributed by atoms with van der Waals surface area (Å²) in [6.07, 6.45) is 4.25. The van der Waals surface area contributed by atoms with E-state index in [1.54, 1.807) is 11.0 Å². The number of carbonyl (C=O) groups is 2. The Kier molecular flexibility index (Phi) is 11.2. The van der Waals surface area contributed by atoms with Gasteiger partial charge in [0, 0.05) is 32.1 Å². The quantitative estimate of drug-likeness (QED) is 0.342. The van der Waals surface area contributed by atoms with Gasteiger partial charge in [0.2, 0.25) is 0 Å². The molecule has 36 heavy (non-hydrogen) atoms. The number of alkyl carbamates (subject to hydrolysis) is 1. The summed E-state index contributed by atoms with van der Waals surface area (Å²) in [5.74, 6) is -0.191. The van der Waals surface area contributed by atoms with Crippen molar-refractivity contribution in [2.45, 2.75) is 56.8 Å². The third-order valence-electron chi connectivity index (χ3n) is 7.23. The van der Waals surface area contributed by atoms with Gasteiger partial charge in [-0.1, -0.05) is 25.0 Å². The smallest absolute Gasteiger partial charge is 0.406 e. The number of likely N-dealkylation sites (tertiary alicyclic amines) is 1. The van der Waals surface area contributed by atoms with Crippen molar-refractivity contribution in [3.8, 4) is 0 Å². The van der Waals surface area contributed by atoms with E-state index in [2.05, 4.69) is 20.7 Å². The van der Waals surface area contributed by atoms with Crippen molar-refractivity contribution in [1.29, 1.82) is 0 Å². The first kappa shape index (κ1) is 28.1. The zero-order valence-electron chi connectivity index (χ0n) is 21.4. The molecule has 1 heterocycles. The molecule has 1 aromatic rings. The third-order valence-corrected chi connectivity index (χ3v) is 7.23. The highest BCUT2D eigenvalue weighted by Gasteiger charge is 2.34. The van der Waals surface area contributed by atoms with E-state index >= 15 is 0 Å². The van der Waals surface area contributed by atoms with Crippen LogP contribution in [0.4, 0.5) is 14.0 Å². The molecule has 2 unspecified atom stereocenters. The maximum absolute atomic E-state index is 14.0. The number of aliphatic hydroxyl groups excluding tert-OH is 1. The van der Waals surface area contributed by atoms with Crippen molar-refractivity contribution in [1.82, 2.24) is 20.9 Å². The average molecular weight is 509 g/mol. The molecule has 10 heteroatoms. The lowest BCUT2D eigenvalue weighted by molar-refractivity contribution is -0.00936. The number of benzene rings is 1. The van der Waals surface area contributed by atoms with Crippen molar-refractivity contribution in [3.63, 3.8) is 0 Å². The van der Waals surface area contributed by atoms with Gasteiger partial charge in [-0.3, -0.25) is 0 Å². The van der Waals surface area contributed by atoms with Crippen LogP contribution in [0.25, 0.3) is 0 Å². The summed E-state index contributed by atoms with van der Waals surface area (Å²) < 4.78 is 24.7. The first-order chi connectivity index (χ1) is 17.4. The summed E-state index contributed by atoms with van der Waals surface area (Å²) >= 11 is 0. The summed E-state index contributed by atoms with van der Waals surface area (Å²) in [5, 5.41) is 19.6. The Bertz CT molecular complexity index is 838. The minimum atomic E-state index is -0.588. The largest absolute Gasteiger partial charge is 0.453 e. The van der Waals surface area contributed by atoms with Gasteiger partial charge in [-0.25, -0.2) is 14.0 Å². The summed E-state index contributed by atoms with van der Waals surface area (Å²) in [6.45, 7) is 2.01. The molecule has 9 nitrogen and oxygen atoms in total. The van der Waals surface area contributed by atoms with Crippen LogP contribution >= 0.6 is 0 Å². The number of aliphatic hydroxyl groups is 1. The monoisotopic (exact) mass is 508 g/mol. The number of hydrogen-bond donors (Lipinski definition) is 4. The van der Waals surface area contributed by atoms with Crippen molar-refractivity contribution in [3.05, 3.63) is 35.6 Å². The number of rotatable bonds is 11. The zero-order chi connectivity index (χ0) is 25.9. The molecular formula is C26H41FN4O5. The number of carbonyl (C=O) groups excluding carboxylic acids is 2. The summed E-state index contributed by atoms with van der Waals surface area (Å²) in [7, 11) is 3.11. The standard InChI is InChI=1S/C26H41FN4O5/c1-28-16-22(23(32)18-7-3-4-8-18)30-25(33)31-13-6-10-20(17-31)24(19-9-5-11-21(27)15-19)36-14-12-29-26(34)35-2/h5,9,11,15,18,20,22-24,28,32H,3-4,6-8,10,12-14,16-17H2,1-2H3,(H,29,34)(H,30,33)/t20-,22?,23?,24+/m1/s1. The normalized spacial score (nSPS) is 21.0. The van der Waals surface area contributed by atoms with Gasteiger partial charge < -0.3 is 35.4 Å². The van der Waals surface area contributed by atoms with Gasteiger partial charge in [-0.15, -0.1) is 0 Å². The van der Waals surface area contributed by atoms with Crippen LogP contribution in [0.5, 0.6) is 0 Å². The van der Waals surface area contributed by atoms with E-state index in [1.165, 1.54) is 19.2 Å². The molecule has 3 rings (SSSR count). The van der Waals surface area contributed by atoms with Crippen LogP contribution in [0.15, 0.2) is 24.3 Å². The minimum absolute atomic E-state index is 0.0491. The predicted octanol–water partition coefficient (Wildman–Crippen LogP) is 2.80. The maximum Gasteiger partial charge on any atom is 0.406 e. The number of ether oxygens (including phenoxy) is 2. The van der Waals surface area contributed by atoms with E-state index in [9.17, 15) is 19.1 Å². The number of methoxy groups -OCH3 is 1. The van der Waals surface area contributed by atoms with Crippen LogP contribution in [0, 0.1) is 17.7 Å². The summed E-state index contributed by atoms with van der Waals surface area (Å²) in [4.78, 5) is 26.4. The molecule has 0 spiro atoms. The average Bonchev–Trinajstić information content (AvgIpc) is 3.43. The highest BCUT2D eigenvalue weighted by Crippen LogP contribution is 2.33. The Labute approximate surface area is 213 Å². The Morgan fingerprint density at radius 3 is 2.64 bits per heavy atom. The molecule has 1 aliphatic carbocycles. The van der Waals surface area contributed by atoms with Crippen molar-refractivity contribution in [2.75, 3.05) is 46.9 Å². The van der Waals surface area contributed by atoms with Crippen molar-refractivity contribution >= 4 is 12.1 Å².